The molecule has 0 radical (unpaired) electrons. The van der Waals surface area contributed by atoms with Crippen molar-refractivity contribution in [1.82, 2.24) is 15.2 Å². The smallest absolute Gasteiger partial charge is 0.0313 e. The highest BCUT2D eigenvalue weighted by Gasteiger charge is 2.04. The fraction of sp³-hybridized carbons (Fsp3) is 0.615. The Bertz CT molecular complexity index is 299. The van der Waals surface area contributed by atoms with Gasteiger partial charge in [0.2, 0.25) is 0 Å². The third kappa shape index (κ3) is 4.73. The van der Waals surface area contributed by atoms with E-state index in [0.717, 1.165) is 26.2 Å². The first kappa shape index (κ1) is 13.1. The summed E-state index contributed by atoms with van der Waals surface area (Å²) in [5, 5.41) is 3.20. The number of likely N-dealkylation sites (N-methyl/N-ethyl adjacent to an activating group) is 1. The largest absolute Gasteiger partial charge is 0.318 e. The number of aryl methyl sites for hydroxylation is 1. The number of pyridine rings is 1. The lowest BCUT2D eigenvalue weighted by molar-refractivity contribution is 0.267. The van der Waals surface area contributed by atoms with Crippen LogP contribution in [0.3, 0.4) is 0 Å². The van der Waals surface area contributed by atoms with Crippen LogP contribution >= 0.6 is 0 Å². The summed E-state index contributed by atoms with van der Waals surface area (Å²) in [5.74, 6) is 0. The average Bonchev–Trinajstić information content (AvgIpc) is 2.26. The van der Waals surface area contributed by atoms with Crippen LogP contribution < -0.4 is 5.32 Å². The summed E-state index contributed by atoms with van der Waals surface area (Å²) in [6.45, 7) is 8.60. The topological polar surface area (TPSA) is 28.2 Å². The molecular weight excluding hydrogens is 198 g/mol. The van der Waals surface area contributed by atoms with Crippen LogP contribution in [-0.2, 0) is 6.54 Å². The molecule has 0 aromatic carbocycles. The van der Waals surface area contributed by atoms with Gasteiger partial charge in [0.25, 0.3) is 0 Å². The molecule has 1 aromatic rings. The molecule has 90 valence electrons. The number of nitrogens with zero attached hydrogens (tertiary/aromatic N) is 2. The first-order valence-electron chi connectivity index (χ1n) is 6.03. The Balaban J connectivity index is 2.52. The molecule has 1 aromatic heterocycles. The summed E-state index contributed by atoms with van der Waals surface area (Å²) in [5.41, 5.74) is 2.55. The van der Waals surface area contributed by atoms with E-state index < -0.39 is 0 Å². The molecule has 0 aliphatic carbocycles. The van der Waals surface area contributed by atoms with Gasteiger partial charge in [0.1, 0.15) is 0 Å². The molecule has 0 amide bonds. The van der Waals surface area contributed by atoms with Gasteiger partial charge in [-0.3, -0.25) is 9.88 Å². The molecule has 1 rings (SSSR count). The summed E-state index contributed by atoms with van der Waals surface area (Å²) in [7, 11) is 2.00. The molecule has 0 spiro atoms. The van der Waals surface area contributed by atoms with Crippen LogP contribution in [0.15, 0.2) is 18.5 Å². The van der Waals surface area contributed by atoms with Crippen LogP contribution in [0.4, 0.5) is 0 Å². The maximum absolute atomic E-state index is 4.24. The fourth-order valence-corrected chi connectivity index (χ4v) is 1.82. The zero-order valence-corrected chi connectivity index (χ0v) is 10.7. The summed E-state index contributed by atoms with van der Waals surface area (Å²) in [4.78, 5) is 6.70. The molecule has 0 bridgehead atoms. The van der Waals surface area contributed by atoms with Crippen molar-refractivity contribution in [3.05, 3.63) is 29.6 Å². The molecule has 0 saturated carbocycles. The van der Waals surface area contributed by atoms with Crippen molar-refractivity contribution >= 4 is 0 Å². The lowest BCUT2D eigenvalue weighted by atomic mass is 10.2. The Morgan fingerprint density at radius 3 is 2.75 bits per heavy atom. The second-order valence-corrected chi connectivity index (χ2v) is 4.25. The molecular formula is C13H23N3. The molecule has 3 heteroatoms. The molecule has 0 atom stereocenters. The van der Waals surface area contributed by atoms with Crippen LogP contribution in [0.5, 0.6) is 0 Å². The van der Waals surface area contributed by atoms with E-state index in [2.05, 4.69) is 35.1 Å². The minimum atomic E-state index is 1.00. The van der Waals surface area contributed by atoms with E-state index in [-0.39, 0.29) is 0 Å². The van der Waals surface area contributed by atoms with E-state index in [1.165, 1.54) is 17.5 Å². The van der Waals surface area contributed by atoms with Crippen LogP contribution in [-0.4, -0.2) is 36.6 Å². The van der Waals surface area contributed by atoms with Crippen molar-refractivity contribution in [3.8, 4) is 0 Å². The maximum Gasteiger partial charge on any atom is 0.0313 e. The van der Waals surface area contributed by atoms with Gasteiger partial charge < -0.3 is 5.32 Å². The molecule has 3 nitrogen and oxygen atoms in total. The highest BCUT2D eigenvalue weighted by atomic mass is 15.1. The SMILES string of the molecule is CCCN(CCNC)Cc1cncc(C)c1. The Morgan fingerprint density at radius 2 is 2.12 bits per heavy atom. The van der Waals surface area contributed by atoms with Gasteiger partial charge in [-0.25, -0.2) is 0 Å². The third-order valence-corrected chi connectivity index (χ3v) is 2.56. The summed E-state index contributed by atoms with van der Waals surface area (Å²) in [6, 6.07) is 2.22. The lowest BCUT2D eigenvalue weighted by Crippen LogP contribution is -2.31. The number of hydrogen-bond acceptors (Lipinski definition) is 3. The minimum absolute atomic E-state index is 1.00. The molecule has 1 N–H and O–H groups in total. The minimum Gasteiger partial charge on any atom is -0.318 e. The molecule has 0 aliphatic heterocycles. The first-order valence-corrected chi connectivity index (χ1v) is 6.03. The number of rotatable bonds is 7. The van der Waals surface area contributed by atoms with Crippen molar-refractivity contribution in [2.75, 3.05) is 26.7 Å². The van der Waals surface area contributed by atoms with Crippen molar-refractivity contribution in [3.63, 3.8) is 0 Å². The van der Waals surface area contributed by atoms with Gasteiger partial charge in [-0.05, 0) is 38.1 Å². The van der Waals surface area contributed by atoms with Crippen molar-refractivity contribution < 1.29 is 0 Å². The molecule has 0 fully saturated rings. The lowest BCUT2D eigenvalue weighted by Gasteiger charge is -2.21. The quantitative estimate of drug-likeness (QED) is 0.761. The summed E-state index contributed by atoms with van der Waals surface area (Å²) >= 11 is 0. The Morgan fingerprint density at radius 1 is 1.31 bits per heavy atom. The van der Waals surface area contributed by atoms with Gasteiger partial charge in [-0.2, -0.15) is 0 Å². The van der Waals surface area contributed by atoms with Crippen LogP contribution in [0.2, 0.25) is 0 Å². The number of hydrogen-bond donors (Lipinski definition) is 1. The summed E-state index contributed by atoms with van der Waals surface area (Å²) in [6.07, 6.45) is 5.07. The highest BCUT2D eigenvalue weighted by molar-refractivity contribution is 5.16. The molecule has 1 heterocycles. The van der Waals surface area contributed by atoms with Gasteiger partial charge in [0, 0.05) is 32.0 Å². The Hall–Kier alpha value is -0.930. The van der Waals surface area contributed by atoms with Gasteiger partial charge in [-0.15, -0.1) is 0 Å². The van der Waals surface area contributed by atoms with Gasteiger partial charge in [-0.1, -0.05) is 13.0 Å². The second kappa shape index (κ2) is 7.36. The van der Waals surface area contributed by atoms with Gasteiger partial charge in [0.05, 0.1) is 0 Å². The van der Waals surface area contributed by atoms with E-state index >= 15 is 0 Å². The zero-order chi connectivity index (χ0) is 11.8. The molecule has 0 saturated heterocycles. The fourth-order valence-electron chi connectivity index (χ4n) is 1.82. The van der Waals surface area contributed by atoms with Gasteiger partial charge in [0.15, 0.2) is 0 Å². The number of nitrogens with one attached hydrogen (secondary N) is 1. The van der Waals surface area contributed by atoms with Crippen LogP contribution in [0.25, 0.3) is 0 Å². The van der Waals surface area contributed by atoms with Crippen molar-refractivity contribution in [2.24, 2.45) is 0 Å². The van der Waals surface area contributed by atoms with Crippen LogP contribution in [0, 0.1) is 6.92 Å². The standard InChI is InChI=1S/C13H23N3/c1-4-6-16(7-5-14-3)11-13-8-12(2)9-15-10-13/h8-10,14H,4-7,11H2,1-3H3. The molecule has 16 heavy (non-hydrogen) atoms. The van der Waals surface area contributed by atoms with E-state index in [1.54, 1.807) is 0 Å². The third-order valence-electron chi connectivity index (χ3n) is 2.56. The second-order valence-electron chi connectivity index (χ2n) is 4.25. The maximum atomic E-state index is 4.24. The highest BCUT2D eigenvalue weighted by Crippen LogP contribution is 2.05. The van der Waals surface area contributed by atoms with Crippen molar-refractivity contribution in [1.29, 1.82) is 0 Å². The van der Waals surface area contributed by atoms with E-state index in [4.69, 9.17) is 0 Å². The van der Waals surface area contributed by atoms with Crippen molar-refractivity contribution in [2.45, 2.75) is 26.8 Å². The van der Waals surface area contributed by atoms with Gasteiger partial charge >= 0.3 is 0 Å². The molecule has 0 unspecified atom stereocenters. The summed E-state index contributed by atoms with van der Waals surface area (Å²) < 4.78 is 0. The zero-order valence-electron chi connectivity index (χ0n) is 10.7. The predicted octanol–water partition coefficient (Wildman–Crippen LogP) is 1.82. The van der Waals surface area contributed by atoms with E-state index in [0.29, 0.717) is 0 Å². The monoisotopic (exact) mass is 221 g/mol. The number of aromatic nitrogens is 1. The Labute approximate surface area is 98.9 Å². The average molecular weight is 221 g/mol. The van der Waals surface area contributed by atoms with Crippen LogP contribution in [0.1, 0.15) is 24.5 Å². The Kier molecular flexibility index (Phi) is 6.04. The van der Waals surface area contributed by atoms with E-state index in [9.17, 15) is 0 Å². The normalized spacial score (nSPS) is 11.0. The first-order chi connectivity index (χ1) is 7.76. The van der Waals surface area contributed by atoms with E-state index in [1.807, 2.05) is 19.4 Å². The predicted molar refractivity (Wildman–Crippen MR) is 68.5 cm³/mol. The molecule has 0 aliphatic rings.